The van der Waals surface area contributed by atoms with Crippen LogP contribution in [0.15, 0.2) is 18.2 Å². The maximum Gasteiger partial charge on any atom is 0.387 e. The minimum atomic E-state index is -3.03. The highest BCUT2D eigenvalue weighted by atomic mass is 19.3. The highest BCUT2D eigenvalue weighted by molar-refractivity contribution is 5.96. The fourth-order valence-electron chi connectivity index (χ4n) is 2.33. The smallest absolute Gasteiger partial charge is 0.387 e. The Morgan fingerprint density at radius 3 is 2.52 bits per heavy atom. The number of alkyl halides is 2. The number of amides is 1. The first-order valence-corrected chi connectivity index (χ1v) is 7.83. The van der Waals surface area contributed by atoms with Crippen LogP contribution in [0.3, 0.4) is 0 Å². The quantitative estimate of drug-likeness (QED) is 0.739. The number of benzene rings is 1. The van der Waals surface area contributed by atoms with E-state index in [0.717, 1.165) is 11.8 Å². The summed E-state index contributed by atoms with van der Waals surface area (Å²) in [5, 5.41) is 6.80. The Hall–Kier alpha value is -3.17. The monoisotopic (exact) mass is 383 g/mol. The van der Waals surface area contributed by atoms with E-state index in [1.54, 1.807) is 25.6 Å². The molecule has 0 aliphatic heterocycles. The van der Waals surface area contributed by atoms with E-state index in [0.29, 0.717) is 11.4 Å². The van der Waals surface area contributed by atoms with Gasteiger partial charge in [-0.25, -0.2) is 4.79 Å². The van der Waals surface area contributed by atoms with Crippen LogP contribution in [0.2, 0.25) is 0 Å². The Bertz CT molecular complexity index is 851. The number of methoxy groups -OCH3 is 1. The van der Waals surface area contributed by atoms with Gasteiger partial charge in [0.15, 0.2) is 18.1 Å². The minimum Gasteiger partial charge on any atom is -0.493 e. The van der Waals surface area contributed by atoms with Gasteiger partial charge in [-0.05, 0) is 32.0 Å². The Kier molecular flexibility index (Phi) is 6.32. The molecule has 1 amide bonds. The fraction of sp³-hybridized carbons (Fsp3) is 0.353. The van der Waals surface area contributed by atoms with Gasteiger partial charge in [-0.1, -0.05) is 0 Å². The van der Waals surface area contributed by atoms with Crippen LogP contribution in [0, 0.1) is 13.8 Å². The van der Waals surface area contributed by atoms with E-state index in [2.05, 4.69) is 15.2 Å². The zero-order valence-electron chi connectivity index (χ0n) is 15.2. The van der Waals surface area contributed by atoms with Crippen molar-refractivity contribution in [1.82, 2.24) is 9.78 Å². The van der Waals surface area contributed by atoms with Crippen LogP contribution < -0.4 is 14.8 Å². The maximum atomic E-state index is 12.3. The van der Waals surface area contributed by atoms with Gasteiger partial charge in [0.25, 0.3) is 5.91 Å². The number of carbonyl (C=O) groups excluding carboxylic acids is 2. The number of aryl methyl sites for hydroxylation is 2. The number of ether oxygens (including phenoxy) is 3. The van der Waals surface area contributed by atoms with E-state index in [9.17, 15) is 18.4 Å². The highest BCUT2D eigenvalue weighted by Gasteiger charge is 2.17. The Morgan fingerprint density at radius 2 is 1.96 bits per heavy atom. The second-order valence-corrected chi connectivity index (χ2v) is 5.54. The molecule has 27 heavy (non-hydrogen) atoms. The molecule has 0 fully saturated rings. The molecule has 1 heterocycles. The molecular weight excluding hydrogens is 364 g/mol. The molecule has 0 saturated heterocycles. The van der Waals surface area contributed by atoms with Crippen molar-refractivity contribution < 1.29 is 32.6 Å². The van der Waals surface area contributed by atoms with Crippen LogP contribution in [-0.4, -0.2) is 42.0 Å². The summed E-state index contributed by atoms with van der Waals surface area (Å²) in [6.45, 7) is -0.0230. The Morgan fingerprint density at radius 1 is 1.26 bits per heavy atom. The molecule has 10 heteroatoms. The third-order valence-electron chi connectivity index (χ3n) is 3.72. The number of halogens is 2. The van der Waals surface area contributed by atoms with Crippen molar-refractivity contribution in [2.75, 3.05) is 19.0 Å². The van der Waals surface area contributed by atoms with Gasteiger partial charge >= 0.3 is 12.6 Å². The second-order valence-electron chi connectivity index (χ2n) is 5.54. The Labute approximate surface area is 154 Å². The van der Waals surface area contributed by atoms with Crippen molar-refractivity contribution in [1.29, 1.82) is 0 Å². The number of hydrogen-bond acceptors (Lipinski definition) is 6. The molecule has 1 aromatic heterocycles. The summed E-state index contributed by atoms with van der Waals surface area (Å²) in [4.78, 5) is 24.1. The van der Waals surface area contributed by atoms with Crippen LogP contribution in [-0.2, 0) is 16.6 Å². The number of anilines is 1. The first-order valence-electron chi connectivity index (χ1n) is 7.83. The van der Waals surface area contributed by atoms with Crippen molar-refractivity contribution in [3.63, 3.8) is 0 Å². The van der Waals surface area contributed by atoms with Gasteiger partial charge < -0.3 is 19.5 Å². The molecule has 146 valence electrons. The number of aromatic nitrogens is 2. The predicted octanol–water partition coefficient (Wildman–Crippen LogP) is 2.44. The molecule has 0 spiro atoms. The van der Waals surface area contributed by atoms with Crippen LogP contribution in [0.1, 0.15) is 21.7 Å². The molecule has 1 aromatic carbocycles. The van der Waals surface area contributed by atoms with Crippen LogP contribution in [0.25, 0.3) is 0 Å². The fourth-order valence-corrected chi connectivity index (χ4v) is 2.33. The molecule has 0 aliphatic carbocycles. The third kappa shape index (κ3) is 4.93. The lowest BCUT2D eigenvalue weighted by Gasteiger charge is -2.11. The molecular formula is C17H19F2N3O5. The zero-order chi connectivity index (χ0) is 20.1. The van der Waals surface area contributed by atoms with Crippen LogP contribution in [0.5, 0.6) is 11.5 Å². The van der Waals surface area contributed by atoms with Crippen molar-refractivity contribution in [3.05, 3.63) is 35.2 Å². The van der Waals surface area contributed by atoms with E-state index in [1.807, 2.05) is 0 Å². The lowest BCUT2D eigenvalue weighted by molar-refractivity contribution is -0.119. The highest BCUT2D eigenvalue weighted by Crippen LogP contribution is 2.29. The van der Waals surface area contributed by atoms with Gasteiger partial charge in [0.1, 0.15) is 0 Å². The number of nitrogens with one attached hydrogen (secondary N) is 1. The maximum absolute atomic E-state index is 12.3. The first-order chi connectivity index (χ1) is 12.7. The molecule has 0 bridgehead atoms. The third-order valence-corrected chi connectivity index (χ3v) is 3.72. The molecule has 0 unspecified atom stereocenters. The summed E-state index contributed by atoms with van der Waals surface area (Å²) >= 11 is 0. The lowest BCUT2D eigenvalue weighted by atomic mass is 10.2. The summed E-state index contributed by atoms with van der Waals surface area (Å²) in [6, 6.07) is 3.58. The number of esters is 1. The molecule has 2 rings (SSSR count). The second kappa shape index (κ2) is 8.47. The lowest BCUT2D eigenvalue weighted by Crippen LogP contribution is -2.21. The summed E-state index contributed by atoms with van der Waals surface area (Å²) < 4.78 is 40.4. The number of nitrogens with zero attached hydrogens (tertiary/aromatic N) is 2. The SMILES string of the molecule is COc1cc(C(=O)OCC(=O)Nc2c(C)nn(C)c2C)ccc1OC(F)F. The van der Waals surface area contributed by atoms with Gasteiger partial charge in [0.05, 0.1) is 29.7 Å². The van der Waals surface area contributed by atoms with Crippen molar-refractivity contribution in [2.24, 2.45) is 7.05 Å². The number of hydrogen-bond donors (Lipinski definition) is 1. The standard InChI is InChI=1S/C17H19F2N3O5/c1-9-15(10(2)22(3)21-9)20-14(23)8-26-16(24)11-5-6-12(27-17(18)19)13(7-11)25-4/h5-7,17H,8H2,1-4H3,(H,20,23). The van der Waals surface area contributed by atoms with Crippen LogP contribution in [0.4, 0.5) is 14.5 Å². The van der Waals surface area contributed by atoms with E-state index in [4.69, 9.17) is 9.47 Å². The van der Waals surface area contributed by atoms with E-state index < -0.39 is 25.1 Å². The van der Waals surface area contributed by atoms with Gasteiger partial charge in [-0.15, -0.1) is 0 Å². The van der Waals surface area contributed by atoms with E-state index >= 15 is 0 Å². The van der Waals surface area contributed by atoms with E-state index in [1.165, 1.54) is 19.2 Å². The predicted molar refractivity (Wildman–Crippen MR) is 91.2 cm³/mol. The average Bonchev–Trinajstić information content (AvgIpc) is 2.85. The molecule has 1 N–H and O–H groups in total. The minimum absolute atomic E-state index is 0.0232. The Balaban J connectivity index is 1.99. The van der Waals surface area contributed by atoms with Crippen molar-refractivity contribution in [2.45, 2.75) is 20.5 Å². The molecule has 0 radical (unpaired) electrons. The first kappa shape index (κ1) is 20.1. The molecule has 0 aliphatic rings. The van der Waals surface area contributed by atoms with Crippen LogP contribution >= 0.6 is 0 Å². The summed E-state index contributed by atoms with van der Waals surface area (Å²) in [7, 11) is 2.99. The number of carbonyl (C=O) groups is 2. The molecule has 2 aromatic rings. The largest absolute Gasteiger partial charge is 0.493 e. The normalized spacial score (nSPS) is 10.6. The van der Waals surface area contributed by atoms with Crippen molar-refractivity contribution in [3.8, 4) is 11.5 Å². The van der Waals surface area contributed by atoms with Gasteiger partial charge in [-0.2, -0.15) is 13.9 Å². The van der Waals surface area contributed by atoms with Gasteiger partial charge in [-0.3, -0.25) is 9.48 Å². The summed E-state index contributed by atoms with van der Waals surface area (Å²) in [5.41, 5.74) is 1.96. The van der Waals surface area contributed by atoms with E-state index in [-0.39, 0.29) is 17.1 Å². The average molecular weight is 383 g/mol. The molecule has 0 saturated carbocycles. The van der Waals surface area contributed by atoms with Crippen molar-refractivity contribution >= 4 is 17.6 Å². The molecule has 0 atom stereocenters. The van der Waals surface area contributed by atoms with Gasteiger partial charge in [0, 0.05) is 7.05 Å². The number of rotatable bonds is 7. The summed E-state index contributed by atoms with van der Waals surface area (Å²) in [6.07, 6.45) is 0. The van der Waals surface area contributed by atoms with Gasteiger partial charge in [0.2, 0.25) is 0 Å². The molecule has 8 nitrogen and oxygen atoms in total. The topological polar surface area (TPSA) is 91.7 Å². The zero-order valence-corrected chi connectivity index (χ0v) is 15.2. The summed E-state index contributed by atoms with van der Waals surface area (Å²) in [5.74, 6) is -1.63.